The number of piperidine rings is 3. The van der Waals surface area contributed by atoms with Crippen LogP contribution in [-0.2, 0) is 0 Å². The summed E-state index contributed by atoms with van der Waals surface area (Å²) < 4.78 is 0. The maximum absolute atomic E-state index is 12.1. The first kappa shape index (κ1) is 13.6. The van der Waals surface area contributed by atoms with Gasteiger partial charge in [-0.2, -0.15) is 0 Å². The first-order valence-electron chi connectivity index (χ1n) is 7.85. The molecule has 0 aromatic heterocycles. The fourth-order valence-electron chi connectivity index (χ4n) is 3.83. The highest BCUT2D eigenvalue weighted by Crippen LogP contribution is 2.37. The lowest BCUT2D eigenvalue weighted by atomic mass is 9.74. The molecular formula is C17H24N2O. The van der Waals surface area contributed by atoms with Gasteiger partial charge in [0.15, 0.2) is 0 Å². The number of amides is 1. The van der Waals surface area contributed by atoms with E-state index in [-0.39, 0.29) is 5.91 Å². The van der Waals surface area contributed by atoms with Crippen LogP contribution in [0, 0.1) is 11.8 Å². The standard InChI is InChI=1S/C17H24N2O/c1-2-13-12-19-9-8-15(13)10-16(19)11-18-17(20)14-6-4-3-5-7-14/h3-7,13,15-16H,2,8-12H2,1H3,(H,18,20). The first-order chi connectivity index (χ1) is 9.78. The third kappa shape index (κ3) is 2.73. The molecule has 3 heteroatoms. The number of benzene rings is 1. The highest BCUT2D eigenvalue weighted by atomic mass is 16.1. The van der Waals surface area contributed by atoms with Crippen LogP contribution in [0.1, 0.15) is 36.5 Å². The Balaban J connectivity index is 1.54. The molecule has 108 valence electrons. The molecule has 1 N–H and O–H groups in total. The van der Waals surface area contributed by atoms with Crippen molar-refractivity contribution in [2.45, 2.75) is 32.2 Å². The van der Waals surface area contributed by atoms with Crippen LogP contribution in [0.5, 0.6) is 0 Å². The Morgan fingerprint density at radius 1 is 1.35 bits per heavy atom. The summed E-state index contributed by atoms with van der Waals surface area (Å²) in [6.07, 6.45) is 3.90. The summed E-state index contributed by atoms with van der Waals surface area (Å²) in [6.45, 7) is 5.54. The van der Waals surface area contributed by atoms with Gasteiger partial charge in [-0.3, -0.25) is 9.69 Å². The van der Waals surface area contributed by atoms with E-state index in [2.05, 4.69) is 17.1 Å². The van der Waals surface area contributed by atoms with Gasteiger partial charge in [-0.05, 0) is 43.4 Å². The Morgan fingerprint density at radius 2 is 2.15 bits per heavy atom. The summed E-state index contributed by atoms with van der Waals surface area (Å²) in [5, 5.41) is 3.11. The van der Waals surface area contributed by atoms with E-state index in [4.69, 9.17) is 0 Å². The molecule has 3 fully saturated rings. The van der Waals surface area contributed by atoms with E-state index in [9.17, 15) is 4.79 Å². The highest BCUT2D eigenvalue weighted by Gasteiger charge is 2.38. The summed E-state index contributed by atoms with van der Waals surface area (Å²) >= 11 is 0. The minimum atomic E-state index is 0.0558. The van der Waals surface area contributed by atoms with Gasteiger partial charge in [-0.25, -0.2) is 0 Å². The van der Waals surface area contributed by atoms with Crippen molar-refractivity contribution in [2.75, 3.05) is 19.6 Å². The number of fused-ring (bicyclic) bond motifs is 3. The number of rotatable bonds is 4. The average molecular weight is 272 g/mol. The Morgan fingerprint density at radius 3 is 2.80 bits per heavy atom. The summed E-state index contributed by atoms with van der Waals surface area (Å²) in [5.41, 5.74) is 0.759. The molecule has 4 atom stereocenters. The summed E-state index contributed by atoms with van der Waals surface area (Å²) in [6, 6.07) is 10.0. The van der Waals surface area contributed by atoms with Crippen LogP contribution >= 0.6 is 0 Å². The second-order valence-corrected chi connectivity index (χ2v) is 6.18. The molecule has 4 rings (SSSR count). The lowest BCUT2D eigenvalue weighted by Crippen LogP contribution is -2.56. The fraction of sp³-hybridized carbons (Fsp3) is 0.588. The van der Waals surface area contributed by atoms with Gasteiger partial charge in [-0.15, -0.1) is 0 Å². The normalized spacial score (nSPS) is 32.0. The van der Waals surface area contributed by atoms with E-state index in [1.54, 1.807) is 0 Å². The number of nitrogens with one attached hydrogen (secondary N) is 1. The zero-order valence-electron chi connectivity index (χ0n) is 12.2. The fourth-order valence-corrected chi connectivity index (χ4v) is 3.83. The van der Waals surface area contributed by atoms with E-state index >= 15 is 0 Å². The van der Waals surface area contributed by atoms with Gasteiger partial charge in [0, 0.05) is 24.7 Å². The monoisotopic (exact) mass is 272 g/mol. The number of hydrogen-bond acceptors (Lipinski definition) is 2. The third-order valence-electron chi connectivity index (χ3n) is 5.07. The van der Waals surface area contributed by atoms with E-state index in [1.807, 2.05) is 30.3 Å². The first-order valence-corrected chi connectivity index (χ1v) is 7.85. The predicted molar refractivity (Wildman–Crippen MR) is 80.6 cm³/mol. The van der Waals surface area contributed by atoms with E-state index in [0.29, 0.717) is 6.04 Å². The van der Waals surface area contributed by atoms with Crippen LogP contribution in [0.25, 0.3) is 0 Å². The lowest BCUT2D eigenvalue weighted by Gasteiger charge is -2.50. The summed E-state index contributed by atoms with van der Waals surface area (Å²) in [7, 11) is 0. The van der Waals surface area contributed by atoms with Crippen LogP contribution in [0.3, 0.4) is 0 Å². The van der Waals surface area contributed by atoms with E-state index in [1.165, 1.54) is 32.4 Å². The Kier molecular flexibility index (Phi) is 4.06. The molecule has 3 aliphatic rings. The molecule has 0 aliphatic carbocycles. The third-order valence-corrected chi connectivity index (χ3v) is 5.07. The van der Waals surface area contributed by atoms with Crippen molar-refractivity contribution in [3.63, 3.8) is 0 Å². The largest absolute Gasteiger partial charge is 0.350 e. The molecule has 0 saturated carbocycles. The maximum Gasteiger partial charge on any atom is 0.251 e. The topological polar surface area (TPSA) is 32.3 Å². The van der Waals surface area contributed by atoms with Gasteiger partial charge in [0.2, 0.25) is 0 Å². The smallest absolute Gasteiger partial charge is 0.251 e. The molecule has 3 saturated heterocycles. The number of carbonyl (C=O) groups excluding carboxylic acids is 1. The molecule has 2 bridgehead atoms. The van der Waals surface area contributed by atoms with Gasteiger partial charge in [0.1, 0.15) is 0 Å². The molecule has 1 aromatic rings. The predicted octanol–water partition coefficient (Wildman–Crippen LogP) is 2.54. The molecule has 0 spiro atoms. The molecular weight excluding hydrogens is 248 g/mol. The molecule has 0 radical (unpaired) electrons. The minimum Gasteiger partial charge on any atom is -0.350 e. The molecule has 3 heterocycles. The van der Waals surface area contributed by atoms with Crippen LogP contribution < -0.4 is 5.32 Å². The number of hydrogen-bond donors (Lipinski definition) is 1. The van der Waals surface area contributed by atoms with Crippen LogP contribution in [0.15, 0.2) is 30.3 Å². The van der Waals surface area contributed by atoms with Crippen molar-refractivity contribution in [2.24, 2.45) is 11.8 Å². The van der Waals surface area contributed by atoms with Crippen molar-refractivity contribution in [3.8, 4) is 0 Å². The molecule has 3 aliphatic heterocycles. The van der Waals surface area contributed by atoms with Crippen LogP contribution in [0.2, 0.25) is 0 Å². The minimum absolute atomic E-state index is 0.0558. The van der Waals surface area contributed by atoms with E-state index < -0.39 is 0 Å². The van der Waals surface area contributed by atoms with Crippen molar-refractivity contribution >= 4 is 5.91 Å². The number of carbonyl (C=O) groups is 1. The van der Waals surface area contributed by atoms with Gasteiger partial charge in [0.25, 0.3) is 5.91 Å². The lowest BCUT2D eigenvalue weighted by molar-refractivity contribution is 0.000726. The molecule has 20 heavy (non-hydrogen) atoms. The van der Waals surface area contributed by atoms with Gasteiger partial charge in [-0.1, -0.05) is 31.5 Å². The van der Waals surface area contributed by atoms with Gasteiger partial charge >= 0.3 is 0 Å². The quantitative estimate of drug-likeness (QED) is 0.913. The van der Waals surface area contributed by atoms with Crippen molar-refractivity contribution < 1.29 is 4.79 Å². The SMILES string of the molecule is CCC1CN2CCC1CC2CNC(=O)c1ccccc1. The van der Waals surface area contributed by atoms with Crippen molar-refractivity contribution in [1.82, 2.24) is 10.2 Å². The maximum atomic E-state index is 12.1. The number of nitrogens with zero attached hydrogens (tertiary/aromatic N) is 1. The van der Waals surface area contributed by atoms with Crippen LogP contribution in [-0.4, -0.2) is 36.5 Å². The molecule has 3 nitrogen and oxygen atoms in total. The highest BCUT2D eigenvalue weighted by molar-refractivity contribution is 5.94. The summed E-state index contributed by atoms with van der Waals surface area (Å²) in [5.74, 6) is 1.81. The average Bonchev–Trinajstić information content (AvgIpc) is 2.53. The van der Waals surface area contributed by atoms with Crippen molar-refractivity contribution in [3.05, 3.63) is 35.9 Å². The second kappa shape index (κ2) is 5.96. The Labute approximate surface area is 121 Å². The Hall–Kier alpha value is -1.35. The van der Waals surface area contributed by atoms with E-state index in [0.717, 1.165) is 23.9 Å². The van der Waals surface area contributed by atoms with Gasteiger partial charge in [0.05, 0.1) is 0 Å². The van der Waals surface area contributed by atoms with Gasteiger partial charge < -0.3 is 5.32 Å². The summed E-state index contributed by atoms with van der Waals surface area (Å²) in [4.78, 5) is 14.7. The zero-order chi connectivity index (χ0) is 13.9. The molecule has 1 aromatic carbocycles. The second-order valence-electron chi connectivity index (χ2n) is 6.18. The van der Waals surface area contributed by atoms with Crippen LogP contribution in [0.4, 0.5) is 0 Å². The molecule has 4 unspecified atom stereocenters. The molecule has 1 amide bonds. The zero-order valence-corrected chi connectivity index (χ0v) is 12.2. The Bertz CT molecular complexity index is 459. The van der Waals surface area contributed by atoms with Crippen molar-refractivity contribution in [1.29, 1.82) is 0 Å².